The third-order valence-electron chi connectivity index (χ3n) is 6.09. The molecule has 8 nitrogen and oxygen atoms in total. The number of carbonyl (C=O) groups excluding carboxylic acids is 3. The summed E-state index contributed by atoms with van der Waals surface area (Å²) >= 11 is 0. The largest absolute Gasteiger partial charge is 0.339 e. The first-order chi connectivity index (χ1) is 13.6. The van der Waals surface area contributed by atoms with Crippen LogP contribution in [0.15, 0.2) is 0 Å². The normalized spacial score (nSPS) is 21.4. The van der Waals surface area contributed by atoms with Crippen molar-refractivity contribution in [1.82, 2.24) is 25.3 Å². The Morgan fingerprint density at radius 2 is 1.29 bits per heavy atom. The van der Waals surface area contributed by atoms with Crippen LogP contribution >= 0.6 is 0 Å². The van der Waals surface area contributed by atoms with Gasteiger partial charge in [-0.3, -0.25) is 4.79 Å². The highest BCUT2D eigenvalue weighted by Crippen LogP contribution is 2.17. The molecule has 0 radical (unpaired) electrons. The van der Waals surface area contributed by atoms with Crippen LogP contribution in [0.3, 0.4) is 0 Å². The Balaban J connectivity index is 1.30. The summed E-state index contributed by atoms with van der Waals surface area (Å²) in [5.41, 5.74) is 0. The quantitative estimate of drug-likeness (QED) is 0.763. The Hall–Kier alpha value is -1.99. The number of hydrogen-bond donors (Lipinski definition) is 2. The van der Waals surface area contributed by atoms with E-state index in [1.54, 1.807) is 4.90 Å². The van der Waals surface area contributed by atoms with Crippen LogP contribution in [0, 0.1) is 0 Å². The highest BCUT2D eigenvalue weighted by molar-refractivity contribution is 5.79. The van der Waals surface area contributed by atoms with Crippen molar-refractivity contribution < 1.29 is 14.4 Å². The van der Waals surface area contributed by atoms with Gasteiger partial charge in [0, 0.05) is 58.3 Å². The lowest BCUT2D eigenvalue weighted by molar-refractivity contribution is -0.132. The smallest absolute Gasteiger partial charge is 0.320 e. The van der Waals surface area contributed by atoms with Crippen molar-refractivity contribution in [2.75, 3.05) is 45.8 Å². The zero-order valence-electron chi connectivity index (χ0n) is 17.0. The van der Waals surface area contributed by atoms with Gasteiger partial charge >= 0.3 is 12.1 Å². The molecule has 158 valence electrons. The molecule has 0 aromatic rings. The van der Waals surface area contributed by atoms with Crippen LogP contribution in [0.1, 0.15) is 57.8 Å². The molecule has 3 fully saturated rings. The fourth-order valence-electron chi connectivity index (χ4n) is 4.36. The predicted octanol–water partition coefficient (Wildman–Crippen LogP) is 1.76. The van der Waals surface area contributed by atoms with Crippen LogP contribution in [0.4, 0.5) is 9.59 Å². The third kappa shape index (κ3) is 6.01. The fraction of sp³-hybridized carbons (Fsp3) is 0.850. The van der Waals surface area contributed by atoms with Gasteiger partial charge in [-0.15, -0.1) is 0 Å². The molecular weight excluding hydrogens is 358 g/mol. The molecule has 0 aromatic heterocycles. The maximum Gasteiger partial charge on any atom is 0.320 e. The molecule has 2 N–H and O–H groups in total. The summed E-state index contributed by atoms with van der Waals surface area (Å²) in [4.78, 5) is 42.5. The summed E-state index contributed by atoms with van der Waals surface area (Å²) < 4.78 is 0. The summed E-state index contributed by atoms with van der Waals surface area (Å²) in [6.45, 7) is 4.40. The second-order valence-electron chi connectivity index (χ2n) is 8.18. The maximum atomic E-state index is 12.5. The summed E-state index contributed by atoms with van der Waals surface area (Å²) in [5, 5.41) is 5.80. The van der Waals surface area contributed by atoms with Gasteiger partial charge < -0.3 is 25.3 Å². The van der Waals surface area contributed by atoms with Gasteiger partial charge in [0.25, 0.3) is 0 Å². The van der Waals surface area contributed by atoms with Crippen LogP contribution in [-0.2, 0) is 4.79 Å². The lowest BCUT2D eigenvalue weighted by Crippen LogP contribution is -2.55. The molecule has 3 aliphatic rings. The van der Waals surface area contributed by atoms with Gasteiger partial charge in [-0.05, 0) is 32.1 Å². The number of amides is 5. The minimum atomic E-state index is -0.170. The highest BCUT2D eigenvalue weighted by Gasteiger charge is 2.27. The predicted molar refractivity (Wildman–Crippen MR) is 107 cm³/mol. The van der Waals surface area contributed by atoms with Crippen molar-refractivity contribution in [2.24, 2.45) is 0 Å². The van der Waals surface area contributed by atoms with Crippen molar-refractivity contribution >= 4 is 18.0 Å². The number of piperidine rings is 1. The zero-order chi connectivity index (χ0) is 19.8. The average Bonchev–Trinajstić information content (AvgIpc) is 2.74. The van der Waals surface area contributed by atoms with E-state index in [9.17, 15) is 14.4 Å². The van der Waals surface area contributed by atoms with Gasteiger partial charge in [-0.2, -0.15) is 0 Å². The number of rotatable bonds is 4. The van der Waals surface area contributed by atoms with E-state index in [0.29, 0.717) is 39.1 Å². The molecule has 5 amide bonds. The van der Waals surface area contributed by atoms with Gasteiger partial charge in [0.1, 0.15) is 0 Å². The van der Waals surface area contributed by atoms with Gasteiger partial charge in [-0.25, -0.2) is 9.59 Å². The molecule has 28 heavy (non-hydrogen) atoms. The zero-order valence-corrected chi connectivity index (χ0v) is 17.0. The topological polar surface area (TPSA) is 85.0 Å². The molecule has 0 bridgehead atoms. The first kappa shape index (κ1) is 20.7. The van der Waals surface area contributed by atoms with Crippen molar-refractivity contribution in [2.45, 2.75) is 63.8 Å². The van der Waals surface area contributed by atoms with E-state index in [2.05, 4.69) is 10.6 Å². The fourth-order valence-corrected chi connectivity index (χ4v) is 4.36. The number of piperazine rings is 1. The summed E-state index contributed by atoms with van der Waals surface area (Å²) in [6, 6.07) is 0.222. The molecule has 1 saturated carbocycles. The first-order valence-electron chi connectivity index (χ1n) is 11.0. The van der Waals surface area contributed by atoms with Crippen molar-refractivity contribution in [3.63, 3.8) is 0 Å². The Labute approximate surface area is 168 Å². The third-order valence-corrected chi connectivity index (χ3v) is 6.09. The molecule has 2 saturated heterocycles. The van der Waals surface area contributed by atoms with E-state index in [-0.39, 0.29) is 24.0 Å². The monoisotopic (exact) mass is 393 g/mol. The molecule has 0 atom stereocenters. The molecule has 0 aromatic carbocycles. The number of carbonyl (C=O) groups is 3. The highest BCUT2D eigenvalue weighted by atomic mass is 16.2. The van der Waals surface area contributed by atoms with Gasteiger partial charge in [0.2, 0.25) is 5.91 Å². The molecule has 8 heteroatoms. The number of likely N-dealkylation sites (tertiary alicyclic amines) is 1. The molecule has 2 aliphatic heterocycles. The van der Waals surface area contributed by atoms with E-state index in [1.807, 2.05) is 9.80 Å². The molecule has 2 heterocycles. The summed E-state index contributed by atoms with van der Waals surface area (Å²) in [7, 11) is 0. The van der Waals surface area contributed by atoms with E-state index in [0.717, 1.165) is 38.8 Å². The van der Waals surface area contributed by atoms with Crippen molar-refractivity contribution in [1.29, 1.82) is 0 Å². The molecule has 3 rings (SSSR count). The van der Waals surface area contributed by atoms with Crippen LogP contribution in [0.25, 0.3) is 0 Å². The van der Waals surface area contributed by atoms with Gasteiger partial charge in [0.05, 0.1) is 0 Å². The molecular formula is C20H35N5O3. The molecule has 1 aliphatic carbocycles. The minimum absolute atomic E-state index is 0.0445. The van der Waals surface area contributed by atoms with Crippen LogP contribution in [0.5, 0.6) is 0 Å². The van der Waals surface area contributed by atoms with Crippen LogP contribution < -0.4 is 10.6 Å². The number of nitrogens with zero attached hydrogens (tertiary/aromatic N) is 3. The molecule has 0 unspecified atom stereocenters. The number of hydrogen-bond acceptors (Lipinski definition) is 3. The second kappa shape index (κ2) is 10.5. The van der Waals surface area contributed by atoms with E-state index >= 15 is 0 Å². The van der Waals surface area contributed by atoms with Crippen LogP contribution in [0.2, 0.25) is 0 Å². The Morgan fingerprint density at radius 1 is 0.714 bits per heavy atom. The molecule has 0 spiro atoms. The van der Waals surface area contributed by atoms with Crippen molar-refractivity contribution in [3.05, 3.63) is 0 Å². The van der Waals surface area contributed by atoms with E-state index in [1.165, 1.54) is 25.7 Å². The standard InChI is InChI=1S/C20H35N5O3/c26-18(9-10-21-19(27)22-17-7-3-1-4-8-17)23-13-15-25(16-14-23)20(28)24-11-5-2-6-12-24/h17H,1-16H2,(H2,21,22,27). The first-order valence-corrected chi connectivity index (χ1v) is 11.0. The maximum absolute atomic E-state index is 12.5. The lowest BCUT2D eigenvalue weighted by atomic mass is 9.96. The Bertz CT molecular complexity index is 536. The minimum Gasteiger partial charge on any atom is -0.339 e. The number of nitrogens with one attached hydrogen (secondary N) is 2. The van der Waals surface area contributed by atoms with Gasteiger partial charge in [-0.1, -0.05) is 19.3 Å². The van der Waals surface area contributed by atoms with Gasteiger partial charge in [0.15, 0.2) is 0 Å². The van der Waals surface area contributed by atoms with E-state index in [4.69, 9.17) is 0 Å². The summed E-state index contributed by atoms with van der Waals surface area (Å²) in [6.07, 6.45) is 9.39. The average molecular weight is 394 g/mol. The lowest BCUT2D eigenvalue weighted by Gasteiger charge is -2.38. The van der Waals surface area contributed by atoms with Crippen molar-refractivity contribution in [3.8, 4) is 0 Å². The van der Waals surface area contributed by atoms with Crippen LogP contribution in [-0.4, -0.2) is 84.5 Å². The SMILES string of the molecule is O=C(NCCC(=O)N1CCN(C(=O)N2CCCCC2)CC1)NC1CCCCC1. The Kier molecular flexibility index (Phi) is 7.80. The number of urea groups is 2. The second-order valence-corrected chi connectivity index (χ2v) is 8.18. The Morgan fingerprint density at radius 3 is 1.96 bits per heavy atom. The van der Waals surface area contributed by atoms with E-state index < -0.39 is 0 Å². The summed E-state index contributed by atoms with van der Waals surface area (Å²) in [5.74, 6) is 0.0445.